The minimum absolute atomic E-state index is 0.0305. The second-order valence-corrected chi connectivity index (χ2v) is 5.79. The van der Waals surface area contributed by atoms with Crippen LogP contribution in [0.2, 0.25) is 5.02 Å². The van der Waals surface area contributed by atoms with E-state index in [0.717, 1.165) is 18.2 Å². The fourth-order valence-electron chi connectivity index (χ4n) is 1.41. The van der Waals surface area contributed by atoms with Crippen molar-refractivity contribution in [3.8, 4) is 5.75 Å². The molecule has 0 atom stereocenters. The first-order valence-electron chi connectivity index (χ1n) is 5.16. The Hall–Kier alpha value is -1.79. The molecule has 0 aliphatic rings. The molecule has 0 bridgehead atoms. The summed E-state index contributed by atoms with van der Waals surface area (Å²) in [6, 6.07) is 8.91. The molecule has 0 fully saturated rings. The molecule has 2 aromatic carbocycles. The number of anilines is 1. The molecule has 0 heterocycles. The zero-order valence-corrected chi connectivity index (χ0v) is 11.0. The molecule has 0 aliphatic carbocycles. The van der Waals surface area contributed by atoms with Crippen molar-refractivity contribution < 1.29 is 17.9 Å². The van der Waals surface area contributed by atoms with Crippen LogP contribution in [0.5, 0.6) is 5.75 Å². The fourth-order valence-corrected chi connectivity index (χ4v) is 2.75. The van der Waals surface area contributed by atoms with Crippen LogP contribution >= 0.6 is 11.6 Å². The van der Waals surface area contributed by atoms with Crippen molar-refractivity contribution in [2.45, 2.75) is 4.90 Å². The molecular weight excluding hydrogens is 293 g/mol. The molecule has 0 unspecified atom stereocenters. The number of aromatic hydroxyl groups is 1. The monoisotopic (exact) mass is 301 g/mol. The van der Waals surface area contributed by atoms with Gasteiger partial charge in [-0.15, -0.1) is 0 Å². The molecule has 0 amide bonds. The summed E-state index contributed by atoms with van der Waals surface area (Å²) in [4.78, 5) is -0.192. The van der Waals surface area contributed by atoms with E-state index in [-0.39, 0.29) is 21.4 Å². The van der Waals surface area contributed by atoms with E-state index in [0.29, 0.717) is 0 Å². The lowest BCUT2D eigenvalue weighted by Crippen LogP contribution is -2.13. The third kappa shape index (κ3) is 2.97. The van der Waals surface area contributed by atoms with E-state index in [1.165, 1.54) is 12.1 Å². The summed E-state index contributed by atoms with van der Waals surface area (Å²) in [5.74, 6) is -0.914. The van der Waals surface area contributed by atoms with Crippen LogP contribution in [0.15, 0.2) is 47.4 Å². The topological polar surface area (TPSA) is 66.4 Å². The highest BCUT2D eigenvalue weighted by Crippen LogP contribution is 2.26. The van der Waals surface area contributed by atoms with Crippen LogP contribution in [0.3, 0.4) is 0 Å². The summed E-state index contributed by atoms with van der Waals surface area (Å²) >= 11 is 5.54. The number of para-hydroxylation sites is 2. The Balaban J connectivity index is 2.38. The molecule has 0 aliphatic heterocycles. The maximum Gasteiger partial charge on any atom is 0.262 e. The molecule has 0 spiro atoms. The van der Waals surface area contributed by atoms with Crippen molar-refractivity contribution in [2.75, 3.05) is 4.72 Å². The van der Waals surface area contributed by atoms with Gasteiger partial charge in [-0.05, 0) is 30.3 Å². The molecule has 0 saturated carbocycles. The first kappa shape index (κ1) is 13.6. The van der Waals surface area contributed by atoms with E-state index in [4.69, 9.17) is 11.6 Å². The van der Waals surface area contributed by atoms with Crippen LogP contribution in [0, 0.1) is 5.82 Å². The molecule has 4 nitrogen and oxygen atoms in total. The standard InChI is InChI=1S/C12H9ClFNO3S/c13-9-7-8(5-6-10(9)14)19(17,18)15-11-3-1-2-4-12(11)16/h1-7,15-16H. The predicted molar refractivity (Wildman–Crippen MR) is 70.3 cm³/mol. The molecule has 0 radical (unpaired) electrons. The van der Waals surface area contributed by atoms with Gasteiger partial charge in [-0.3, -0.25) is 4.72 Å². The van der Waals surface area contributed by atoms with Crippen molar-refractivity contribution >= 4 is 27.3 Å². The van der Waals surface area contributed by atoms with Gasteiger partial charge in [0, 0.05) is 0 Å². The van der Waals surface area contributed by atoms with Crippen molar-refractivity contribution in [3.05, 3.63) is 53.3 Å². The van der Waals surface area contributed by atoms with Gasteiger partial charge in [-0.25, -0.2) is 12.8 Å². The van der Waals surface area contributed by atoms with Gasteiger partial charge >= 0.3 is 0 Å². The number of phenols is 1. The molecule has 100 valence electrons. The van der Waals surface area contributed by atoms with Gasteiger partial charge in [0.15, 0.2) is 0 Å². The van der Waals surface area contributed by atoms with Gasteiger partial charge in [0.05, 0.1) is 15.6 Å². The number of nitrogens with one attached hydrogen (secondary N) is 1. The number of rotatable bonds is 3. The number of hydrogen-bond donors (Lipinski definition) is 2. The largest absolute Gasteiger partial charge is 0.506 e. The van der Waals surface area contributed by atoms with E-state index in [9.17, 15) is 17.9 Å². The average molecular weight is 302 g/mol. The minimum Gasteiger partial charge on any atom is -0.506 e. The number of sulfonamides is 1. The summed E-state index contributed by atoms with van der Waals surface area (Å²) in [6.07, 6.45) is 0. The van der Waals surface area contributed by atoms with Gasteiger partial charge in [0.1, 0.15) is 11.6 Å². The van der Waals surface area contributed by atoms with Gasteiger partial charge in [0.25, 0.3) is 10.0 Å². The van der Waals surface area contributed by atoms with Crippen LogP contribution in [0.1, 0.15) is 0 Å². The van der Waals surface area contributed by atoms with Crippen molar-refractivity contribution in [1.29, 1.82) is 0 Å². The summed E-state index contributed by atoms with van der Waals surface area (Å²) in [5, 5.41) is 9.21. The van der Waals surface area contributed by atoms with E-state index in [2.05, 4.69) is 4.72 Å². The van der Waals surface area contributed by atoms with Crippen molar-refractivity contribution in [3.63, 3.8) is 0 Å². The van der Waals surface area contributed by atoms with Crippen LogP contribution in [0.25, 0.3) is 0 Å². The molecule has 7 heteroatoms. The summed E-state index contributed by atoms with van der Waals surface area (Å²) in [7, 11) is -3.94. The van der Waals surface area contributed by atoms with Gasteiger partial charge in [-0.1, -0.05) is 23.7 Å². The summed E-state index contributed by atoms with van der Waals surface area (Å²) < 4.78 is 39.2. The summed E-state index contributed by atoms with van der Waals surface area (Å²) in [6.45, 7) is 0. The van der Waals surface area contributed by atoms with Gasteiger partial charge in [0.2, 0.25) is 0 Å². The zero-order valence-electron chi connectivity index (χ0n) is 9.47. The van der Waals surface area contributed by atoms with Gasteiger partial charge < -0.3 is 5.11 Å². The number of phenolic OH excluding ortho intramolecular Hbond substituents is 1. The Morgan fingerprint density at radius 3 is 2.47 bits per heavy atom. The van der Waals surface area contributed by atoms with E-state index >= 15 is 0 Å². The molecule has 2 rings (SSSR count). The fraction of sp³-hybridized carbons (Fsp3) is 0. The first-order valence-corrected chi connectivity index (χ1v) is 7.02. The Bertz CT molecular complexity index is 719. The third-order valence-corrected chi connectivity index (χ3v) is 4.00. The lowest BCUT2D eigenvalue weighted by atomic mass is 10.3. The predicted octanol–water partition coefficient (Wildman–Crippen LogP) is 2.99. The van der Waals surface area contributed by atoms with Crippen molar-refractivity contribution in [2.24, 2.45) is 0 Å². The lowest BCUT2D eigenvalue weighted by molar-refractivity contribution is 0.477. The highest BCUT2D eigenvalue weighted by molar-refractivity contribution is 7.92. The molecule has 19 heavy (non-hydrogen) atoms. The zero-order chi connectivity index (χ0) is 14.0. The molecular formula is C12H9ClFNO3S. The smallest absolute Gasteiger partial charge is 0.262 e. The number of benzene rings is 2. The quantitative estimate of drug-likeness (QED) is 0.857. The number of halogens is 2. The van der Waals surface area contributed by atoms with Gasteiger partial charge in [-0.2, -0.15) is 0 Å². The van der Waals surface area contributed by atoms with Crippen LogP contribution in [-0.4, -0.2) is 13.5 Å². The maximum absolute atomic E-state index is 13.0. The van der Waals surface area contributed by atoms with Crippen LogP contribution in [0.4, 0.5) is 10.1 Å². The third-order valence-electron chi connectivity index (χ3n) is 2.35. The van der Waals surface area contributed by atoms with E-state index in [1.807, 2.05) is 0 Å². The highest BCUT2D eigenvalue weighted by Gasteiger charge is 2.17. The summed E-state index contributed by atoms with van der Waals surface area (Å²) in [5.41, 5.74) is 0.0305. The van der Waals surface area contributed by atoms with Crippen LogP contribution < -0.4 is 4.72 Å². The lowest BCUT2D eigenvalue weighted by Gasteiger charge is -2.09. The van der Waals surface area contributed by atoms with E-state index in [1.54, 1.807) is 12.1 Å². The maximum atomic E-state index is 13.0. The highest BCUT2D eigenvalue weighted by atomic mass is 35.5. The average Bonchev–Trinajstić information content (AvgIpc) is 2.35. The van der Waals surface area contributed by atoms with Crippen molar-refractivity contribution in [1.82, 2.24) is 0 Å². The Morgan fingerprint density at radius 1 is 1.16 bits per heavy atom. The SMILES string of the molecule is O=S(=O)(Nc1ccccc1O)c1ccc(F)c(Cl)c1. The molecule has 0 saturated heterocycles. The normalized spacial score (nSPS) is 11.3. The van der Waals surface area contributed by atoms with Crippen LogP contribution in [-0.2, 0) is 10.0 Å². The second kappa shape index (κ2) is 5.07. The second-order valence-electron chi connectivity index (χ2n) is 3.70. The number of hydrogen-bond acceptors (Lipinski definition) is 3. The Morgan fingerprint density at radius 2 is 1.84 bits per heavy atom. The molecule has 0 aromatic heterocycles. The molecule has 2 aromatic rings. The Kier molecular flexibility index (Phi) is 3.64. The first-order chi connectivity index (χ1) is 8.90. The minimum atomic E-state index is -3.94. The van der Waals surface area contributed by atoms with E-state index < -0.39 is 15.8 Å². The molecule has 2 N–H and O–H groups in total. The Labute approximate surface area is 114 Å².